The zero-order valence-corrected chi connectivity index (χ0v) is 20.7. The Hall–Kier alpha value is -2.66. The monoisotopic (exact) mass is 500 g/mol. The number of rotatable bonds is 5. The predicted octanol–water partition coefficient (Wildman–Crippen LogP) is 1.51. The molecule has 5 rings (SSSR count). The number of carbonyl (C=O) groups excluding carboxylic acids is 1. The Kier molecular flexibility index (Phi) is 7.24. The van der Waals surface area contributed by atoms with Crippen LogP contribution in [0, 0.1) is 0 Å². The Bertz CT molecular complexity index is 1120. The molecule has 188 valence electrons. The second-order valence-electron chi connectivity index (χ2n) is 8.91. The Morgan fingerprint density at radius 1 is 0.714 bits per heavy atom. The number of nitrogens with zero attached hydrogens (tertiary/aromatic N) is 4. The number of hydrogen-bond acceptors (Lipinski definition) is 7. The van der Waals surface area contributed by atoms with E-state index in [-0.39, 0.29) is 10.8 Å². The first kappa shape index (κ1) is 24.1. The lowest BCUT2D eigenvalue weighted by atomic mass is 10.1. The minimum Gasteiger partial charge on any atom is -0.379 e. The second kappa shape index (κ2) is 10.5. The summed E-state index contributed by atoms with van der Waals surface area (Å²) >= 11 is 0. The summed E-state index contributed by atoms with van der Waals surface area (Å²) in [6.07, 6.45) is 0. The molecule has 35 heavy (non-hydrogen) atoms. The maximum absolute atomic E-state index is 13.8. The number of amides is 1. The maximum Gasteiger partial charge on any atom is 0.254 e. The van der Waals surface area contributed by atoms with Gasteiger partial charge >= 0.3 is 0 Å². The quantitative estimate of drug-likeness (QED) is 0.616. The lowest BCUT2D eigenvalue weighted by molar-refractivity contribution is 0.0302. The van der Waals surface area contributed by atoms with Gasteiger partial charge in [-0.15, -0.1) is 0 Å². The maximum atomic E-state index is 13.8. The highest BCUT2D eigenvalue weighted by Crippen LogP contribution is 2.31. The number of piperazine rings is 1. The van der Waals surface area contributed by atoms with E-state index in [9.17, 15) is 13.2 Å². The molecule has 3 fully saturated rings. The van der Waals surface area contributed by atoms with Crippen LogP contribution in [-0.2, 0) is 19.5 Å². The molecule has 3 saturated heterocycles. The van der Waals surface area contributed by atoms with Crippen molar-refractivity contribution < 1.29 is 22.7 Å². The smallest absolute Gasteiger partial charge is 0.254 e. The Balaban J connectivity index is 1.44. The van der Waals surface area contributed by atoms with Gasteiger partial charge in [0.1, 0.15) is 4.90 Å². The van der Waals surface area contributed by atoms with Gasteiger partial charge in [-0.05, 0) is 30.3 Å². The molecule has 0 atom stereocenters. The summed E-state index contributed by atoms with van der Waals surface area (Å²) in [6, 6.07) is 15.4. The number of ether oxygens (including phenoxy) is 2. The molecule has 0 N–H and O–H groups in total. The number of sulfonamides is 1. The van der Waals surface area contributed by atoms with Crippen molar-refractivity contribution in [1.82, 2.24) is 9.21 Å². The average Bonchev–Trinajstić information content (AvgIpc) is 2.94. The SMILES string of the molecule is O=C(c1ccc(N2CCN(c3ccccc3)CC2)c(S(=O)(=O)N2CCOCC2)c1)N1CCOCC1. The van der Waals surface area contributed by atoms with Crippen molar-refractivity contribution >= 4 is 27.3 Å². The number of hydrogen-bond donors (Lipinski definition) is 0. The van der Waals surface area contributed by atoms with Crippen LogP contribution < -0.4 is 9.80 Å². The number of carbonyl (C=O) groups is 1. The van der Waals surface area contributed by atoms with Crippen LogP contribution in [0.4, 0.5) is 11.4 Å². The molecule has 0 radical (unpaired) electrons. The summed E-state index contributed by atoms with van der Waals surface area (Å²) < 4.78 is 39.8. The van der Waals surface area contributed by atoms with Crippen LogP contribution in [0.1, 0.15) is 10.4 Å². The minimum absolute atomic E-state index is 0.160. The number of para-hydroxylation sites is 1. The van der Waals surface area contributed by atoms with Gasteiger partial charge in [-0.25, -0.2) is 8.42 Å². The largest absolute Gasteiger partial charge is 0.379 e. The molecule has 10 heteroatoms. The van der Waals surface area contributed by atoms with Crippen LogP contribution in [0.3, 0.4) is 0 Å². The summed E-state index contributed by atoms with van der Waals surface area (Å²) in [4.78, 5) is 19.5. The van der Waals surface area contributed by atoms with Crippen LogP contribution in [0.5, 0.6) is 0 Å². The van der Waals surface area contributed by atoms with Crippen molar-refractivity contribution in [2.75, 3.05) is 88.6 Å². The van der Waals surface area contributed by atoms with Gasteiger partial charge < -0.3 is 24.2 Å². The fourth-order valence-corrected chi connectivity index (χ4v) is 6.48. The zero-order chi connectivity index (χ0) is 24.3. The first-order valence-electron chi connectivity index (χ1n) is 12.2. The molecule has 9 nitrogen and oxygen atoms in total. The van der Waals surface area contributed by atoms with E-state index in [0.717, 1.165) is 13.1 Å². The average molecular weight is 501 g/mol. The van der Waals surface area contributed by atoms with Crippen molar-refractivity contribution in [3.05, 3.63) is 54.1 Å². The van der Waals surface area contributed by atoms with E-state index in [0.29, 0.717) is 76.9 Å². The van der Waals surface area contributed by atoms with Gasteiger partial charge in [0.15, 0.2) is 0 Å². The highest BCUT2D eigenvalue weighted by molar-refractivity contribution is 7.89. The Morgan fingerprint density at radius 2 is 1.31 bits per heavy atom. The summed E-state index contributed by atoms with van der Waals surface area (Å²) in [5.74, 6) is -0.160. The van der Waals surface area contributed by atoms with Gasteiger partial charge in [0.05, 0.1) is 32.1 Å². The summed E-state index contributed by atoms with van der Waals surface area (Å²) in [7, 11) is -3.79. The van der Waals surface area contributed by atoms with Gasteiger partial charge in [-0.1, -0.05) is 18.2 Å². The van der Waals surface area contributed by atoms with E-state index in [1.807, 2.05) is 18.2 Å². The molecule has 2 aromatic carbocycles. The Labute approximate surface area is 206 Å². The first-order chi connectivity index (χ1) is 17.0. The molecule has 0 unspecified atom stereocenters. The fraction of sp³-hybridized carbons (Fsp3) is 0.480. The number of anilines is 2. The van der Waals surface area contributed by atoms with Crippen molar-refractivity contribution in [3.63, 3.8) is 0 Å². The molecule has 3 aliphatic rings. The van der Waals surface area contributed by atoms with E-state index in [4.69, 9.17) is 9.47 Å². The lowest BCUT2D eigenvalue weighted by Crippen LogP contribution is -2.47. The topological polar surface area (TPSA) is 82.6 Å². The van der Waals surface area contributed by atoms with Crippen LogP contribution in [-0.4, -0.2) is 102 Å². The molecule has 3 aliphatic heterocycles. The summed E-state index contributed by atoms with van der Waals surface area (Å²) in [5, 5.41) is 0. The van der Waals surface area contributed by atoms with E-state index < -0.39 is 10.0 Å². The van der Waals surface area contributed by atoms with E-state index in [2.05, 4.69) is 21.9 Å². The van der Waals surface area contributed by atoms with Crippen molar-refractivity contribution in [2.45, 2.75) is 4.90 Å². The molecule has 0 bridgehead atoms. The third-order valence-electron chi connectivity index (χ3n) is 6.83. The normalized spacial score (nSPS) is 20.2. The van der Waals surface area contributed by atoms with Crippen LogP contribution in [0.2, 0.25) is 0 Å². The van der Waals surface area contributed by atoms with Crippen LogP contribution >= 0.6 is 0 Å². The predicted molar refractivity (Wildman–Crippen MR) is 134 cm³/mol. The van der Waals surface area contributed by atoms with E-state index >= 15 is 0 Å². The molecular weight excluding hydrogens is 468 g/mol. The summed E-state index contributed by atoms with van der Waals surface area (Å²) in [5.41, 5.74) is 2.22. The molecule has 3 heterocycles. The second-order valence-corrected chi connectivity index (χ2v) is 10.8. The lowest BCUT2D eigenvalue weighted by Gasteiger charge is -2.38. The molecular formula is C25H32N4O5S. The van der Waals surface area contributed by atoms with E-state index in [1.54, 1.807) is 23.1 Å². The minimum atomic E-state index is -3.79. The van der Waals surface area contributed by atoms with Gasteiger partial charge in [-0.2, -0.15) is 4.31 Å². The van der Waals surface area contributed by atoms with Gasteiger partial charge in [0.25, 0.3) is 5.91 Å². The molecule has 0 aromatic heterocycles. The van der Waals surface area contributed by atoms with Gasteiger partial charge in [-0.3, -0.25) is 4.79 Å². The molecule has 0 spiro atoms. The van der Waals surface area contributed by atoms with Crippen LogP contribution in [0.15, 0.2) is 53.4 Å². The number of morpholine rings is 2. The Morgan fingerprint density at radius 3 is 1.97 bits per heavy atom. The zero-order valence-electron chi connectivity index (χ0n) is 19.8. The third-order valence-corrected chi connectivity index (χ3v) is 8.76. The van der Waals surface area contributed by atoms with Crippen molar-refractivity contribution in [3.8, 4) is 0 Å². The van der Waals surface area contributed by atoms with Gasteiger partial charge in [0, 0.05) is 63.6 Å². The van der Waals surface area contributed by atoms with E-state index in [1.165, 1.54) is 9.99 Å². The highest BCUT2D eigenvalue weighted by Gasteiger charge is 2.32. The first-order valence-corrected chi connectivity index (χ1v) is 13.6. The fourth-order valence-electron chi connectivity index (χ4n) is 4.83. The molecule has 1 amide bonds. The van der Waals surface area contributed by atoms with Crippen molar-refractivity contribution in [2.24, 2.45) is 0 Å². The molecule has 0 saturated carbocycles. The third kappa shape index (κ3) is 5.16. The standard InChI is InChI=1S/C25H32N4O5S/c30-25(28-12-16-33-17-13-28)21-6-7-23(24(20-21)35(31,32)29-14-18-34-19-15-29)27-10-8-26(9-11-27)22-4-2-1-3-5-22/h1-7,20H,8-19H2. The number of benzene rings is 2. The highest BCUT2D eigenvalue weighted by atomic mass is 32.2. The van der Waals surface area contributed by atoms with Gasteiger partial charge in [0.2, 0.25) is 10.0 Å². The van der Waals surface area contributed by atoms with Crippen molar-refractivity contribution in [1.29, 1.82) is 0 Å². The summed E-state index contributed by atoms with van der Waals surface area (Å²) in [6.45, 7) is 6.33. The van der Waals surface area contributed by atoms with Crippen LogP contribution in [0.25, 0.3) is 0 Å². The molecule has 0 aliphatic carbocycles. The molecule has 2 aromatic rings.